The summed E-state index contributed by atoms with van der Waals surface area (Å²) < 4.78 is 5.35. The molecule has 7 heteroatoms. The standard InChI is InChI=1S/C13H19N3O3S/c1-8(2)4-9-5-13(3,19-11(9)18)10(17)6-14-12-16-15-7-20-12/h7-9H,4-6H2,1-3H3,(H,14,16)/p+1. The van der Waals surface area contributed by atoms with Gasteiger partial charge in [0.05, 0.1) is 5.92 Å². The van der Waals surface area contributed by atoms with Crippen molar-refractivity contribution in [1.29, 1.82) is 0 Å². The second kappa shape index (κ2) is 5.97. The van der Waals surface area contributed by atoms with Gasteiger partial charge in [0.25, 0.3) is 0 Å². The minimum Gasteiger partial charge on any atom is -0.451 e. The zero-order valence-electron chi connectivity index (χ0n) is 12.0. The zero-order chi connectivity index (χ0) is 14.8. The first-order chi connectivity index (χ1) is 9.40. The second-order valence-corrected chi connectivity index (χ2v) is 6.66. The molecule has 1 aromatic heterocycles. The predicted octanol–water partition coefficient (Wildman–Crippen LogP) is 0.670. The van der Waals surface area contributed by atoms with Gasteiger partial charge in [-0.2, -0.15) is 0 Å². The third-order valence-corrected chi connectivity index (χ3v) is 4.17. The summed E-state index contributed by atoms with van der Waals surface area (Å²) in [5, 5.41) is 10.0. The second-order valence-electron chi connectivity index (χ2n) is 5.79. The Balaban J connectivity index is 1.93. The molecule has 2 atom stereocenters. The van der Waals surface area contributed by atoms with Crippen molar-refractivity contribution in [3.8, 4) is 0 Å². The maximum atomic E-state index is 12.3. The van der Waals surface area contributed by atoms with Crippen molar-refractivity contribution in [3.05, 3.63) is 5.51 Å². The molecular formula is C13H20N3O3S+. The molecule has 110 valence electrons. The fourth-order valence-corrected chi connectivity index (χ4v) is 2.96. The average molecular weight is 298 g/mol. The topological polar surface area (TPSA) is 85.8 Å². The summed E-state index contributed by atoms with van der Waals surface area (Å²) in [7, 11) is 0. The Labute approximate surface area is 121 Å². The van der Waals surface area contributed by atoms with Gasteiger partial charge in [-0.1, -0.05) is 18.9 Å². The largest absolute Gasteiger partial charge is 0.451 e. The fraction of sp³-hybridized carbons (Fsp3) is 0.692. The predicted molar refractivity (Wildman–Crippen MR) is 73.4 cm³/mol. The van der Waals surface area contributed by atoms with E-state index in [4.69, 9.17) is 4.74 Å². The van der Waals surface area contributed by atoms with E-state index in [9.17, 15) is 9.59 Å². The molecule has 1 fully saturated rings. The van der Waals surface area contributed by atoms with Gasteiger partial charge < -0.3 is 4.74 Å². The third kappa shape index (κ3) is 3.40. The molecule has 0 aromatic carbocycles. The molecule has 0 amide bonds. The van der Waals surface area contributed by atoms with E-state index < -0.39 is 5.60 Å². The maximum Gasteiger partial charge on any atom is 0.310 e. The Kier molecular flexibility index (Phi) is 4.49. The van der Waals surface area contributed by atoms with E-state index >= 15 is 0 Å². The van der Waals surface area contributed by atoms with Crippen LogP contribution in [-0.4, -0.2) is 34.1 Å². The molecule has 1 aliphatic rings. The van der Waals surface area contributed by atoms with Gasteiger partial charge in [-0.05, 0) is 30.6 Å². The smallest absolute Gasteiger partial charge is 0.310 e. The number of aromatic nitrogens is 2. The fourth-order valence-electron chi connectivity index (χ4n) is 2.49. The molecule has 2 unspecified atom stereocenters. The van der Waals surface area contributed by atoms with Crippen molar-refractivity contribution in [2.75, 3.05) is 6.54 Å². The average Bonchev–Trinajstić information content (AvgIpc) is 2.95. The highest BCUT2D eigenvalue weighted by Gasteiger charge is 2.48. The molecule has 2 N–H and O–H groups in total. The van der Waals surface area contributed by atoms with Crippen molar-refractivity contribution >= 4 is 28.2 Å². The first-order valence-electron chi connectivity index (χ1n) is 6.76. The summed E-state index contributed by atoms with van der Waals surface area (Å²) in [6.45, 7) is 6.05. The van der Waals surface area contributed by atoms with Crippen LogP contribution in [0.15, 0.2) is 5.51 Å². The van der Waals surface area contributed by atoms with Crippen LogP contribution in [0.4, 0.5) is 5.13 Å². The zero-order valence-corrected chi connectivity index (χ0v) is 12.8. The van der Waals surface area contributed by atoms with Crippen LogP contribution in [0.2, 0.25) is 0 Å². The SMILES string of the molecule is CC(C)CC1CC(C)(C(=O)C[NH2+]c2nncs2)OC1=O. The van der Waals surface area contributed by atoms with Gasteiger partial charge in [0, 0.05) is 6.42 Å². The lowest BCUT2D eigenvalue weighted by Crippen LogP contribution is -2.81. The normalized spacial score (nSPS) is 26.0. The first kappa shape index (κ1) is 15.1. The summed E-state index contributed by atoms with van der Waals surface area (Å²) in [6, 6.07) is 0. The molecule has 2 heterocycles. The Bertz CT molecular complexity index is 489. The van der Waals surface area contributed by atoms with Gasteiger partial charge in [-0.3, -0.25) is 14.9 Å². The number of nitrogens with zero attached hydrogens (tertiary/aromatic N) is 2. The van der Waals surface area contributed by atoms with Gasteiger partial charge in [0.1, 0.15) is 12.1 Å². The first-order valence-corrected chi connectivity index (χ1v) is 7.64. The molecule has 6 nitrogen and oxygen atoms in total. The van der Waals surface area contributed by atoms with E-state index in [1.807, 2.05) is 0 Å². The number of ether oxygens (including phenoxy) is 1. The van der Waals surface area contributed by atoms with Crippen molar-refractivity contribution < 1.29 is 19.6 Å². The summed E-state index contributed by atoms with van der Waals surface area (Å²) in [5.74, 6) is -0.0683. The van der Waals surface area contributed by atoms with Crippen LogP contribution in [0.5, 0.6) is 0 Å². The molecule has 2 rings (SSSR count). The highest BCUT2D eigenvalue weighted by atomic mass is 32.1. The molecule has 0 radical (unpaired) electrons. The molecule has 1 aliphatic heterocycles. The highest BCUT2D eigenvalue weighted by molar-refractivity contribution is 7.12. The van der Waals surface area contributed by atoms with Crippen molar-refractivity contribution in [3.63, 3.8) is 0 Å². The van der Waals surface area contributed by atoms with E-state index in [1.165, 1.54) is 11.3 Å². The Morgan fingerprint density at radius 1 is 1.65 bits per heavy atom. The summed E-state index contributed by atoms with van der Waals surface area (Å²) in [6.07, 6.45) is 1.24. The number of hydrogen-bond acceptors (Lipinski definition) is 6. The number of hydrogen-bond donors (Lipinski definition) is 1. The van der Waals surface area contributed by atoms with Crippen molar-refractivity contribution in [2.24, 2.45) is 11.8 Å². The monoisotopic (exact) mass is 298 g/mol. The summed E-state index contributed by atoms with van der Waals surface area (Å²) >= 11 is 1.38. The summed E-state index contributed by atoms with van der Waals surface area (Å²) in [4.78, 5) is 24.1. The maximum absolute atomic E-state index is 12.3. The summed E-state index contributed by atoms with van der Waals surface area (Å²) in [5.41, 5.74) is 0.629. The third-order valence-electron chi connectivity index (χ3n) is 3.48. The van der Waals surface area contributed by atoms with Crippen LogP contribution >= 0.6 is 11.3 Å². The Morgan fingerprint density at radius 3 is 3.00 bits per heavy atom. The minimum atomic E-state index is -0.988. The van der Waals surface area contributed by atoms with E-state index in [2.05, 4.69) is 24.0 Å². The van der Waals surface area contributed by atoms with Gasteiger partial charge in [-0.25, -0.2) is 0 Å². The van der Waals surface area contributed by atoms with Crippen molar-refractivity contribution in [2.45, 2.75) is 39.2 Å². The van der Waals surface area contributed by atoms with Gasteiger partial charge in [0.15, 0.2) is 5.60 Å². The number of Topliss-reactive ketones (excluding diaryl/α,β-unsaturated/α-hetero) is 1. The molecule has 0 spiro atoms. The van der Waals surface area contributed by atoms with Crippen LogP contribution in [0.25, 0.3) is 0 Å². The number of carbonyl (C=O) groups excluding carboxylic acids is 2. The van der Waals surface area contributed by atoms with Gasteiger partial charge >= 0.3 is 11.1 Å². The van der Waals surface area contributed by atoms with Crippen LogP contribution < -0.4 is 5.32 Å². The molecule has 1 saturated heterocycles. The lowest BCUT2D eigenvalue weighted by molar-refractivity contribution is -0.559. The van der Waals surface area contributed by atoms with E-state index in [0.29, 0.717) is 17.5 Å². The van der Waals surface area contributed by atoms with E-state index in [1.54, 1.807) is 17.8 Å². The Hall–Kier alpha value is -1.34. The Morgan fingerprint density at radius 2 is 2.40 bits per heavy atom. The van der Waals surface area contributed by atoms with E-state index in [-0.39, 0.29) is 24.2 Å². The molecule has 0 saturated carbocycles. The van der Waals surface area contributed by atoms with E-state index in [0.717, 1.165) is 6.42 Å². The number of ketones is 1. The molecule has 1 aromatic rings. The molecule has 0 aliphatic carbocycles. The van der Waals surface area contributed by atoms with Gasteiger partial charge in [0.2, 0.25) is 5.78 Å². The quantitative estimate of drug-likeness (QED) is 0.780. The molecule has 0 bridgehead atoms. The van der Waals surface area contributed by atoms with Crippen LogP contribution in [0.3, 0.4) is 0 Å². The lowest BCUT2D eigenvalue weighted by atomic mass is 9.87. The highest BCUT2D eigenvalue weighted by Crippen LogP contribution is 2.35. The van der Waals surface area contributed by atoms with Crippen LogP contribution in [0.1, 0.15) is 33.6 Å². The number of quaternary nitrogens is 1. The minimum absolute atomic E-state index is 0.0766. The number of esters is 1. The number of rotatable bonds is 6. The molecular weight excluding hydrogens is 278 g/mol. The number of nitrogens with two attached hydrogens (primary N) is 1. The number of cyclic esters (lactones) is 1. The lowest BCUT2D eigenvalue weighted by Gasteiger charge is -2.19. The molecule has 20 heavy (non-hydrogen) atoms. The number of carbonyl (C=O) groups is 2. The van der Waals surface area contributed by atoms with Gasteiger partial charge in [-0.15, -0.1) is 5.10 Å². The van der Waals surface area contributed by atoms with Crippen LogP contribution in [-0.2, 0) is 14.3 Å². The van der Waals surface area contributed by atoms with Crippen LogP contribution in [0, 0.1) is 11.8 Å². The van der Waals surface area contributed by atoms with Crippen molar-refractivity contribution in [1.82, 2.24) is 10.2 Å².